The highest BCUT2D eigenvalue weighted by Crippen LogP contribution is 2.21. The van der Waals surface area contributed by atoms with Crippen LogP contribution in [-0.2, 0) is 4.79 Å². The lowest BCUT2D eigenvalue weighted by molar-refractivity contribution is -0.121. The predicted octanol–water partition coefficient (Wildman–Crippen LogP) is 0.791. The van der Waals surface area contributed by atoms with Gasteiger partial charge in [-0.2, -0.15) is 0 Å². The molecule has 2 amide bonds. The van der Waals surface area contributed by atoms with Crippen LogP contribution in [0.25, 0.3) is 0 Å². The van der Waals surface area contributed by atoms with Gasteiger partial charge >= 0.3 is 0 Å². The number of carbonyl (C=O) groups excluding carboxylic acids is 2. The van der Waals surface area contributed by atoms with E-state index < -0.39 is 0 Å². The topological polar surface area (TPSA) is 76.3 Å². The van der Waals surface area contributed by atoms with Gasteiger partial charge in [0.15, 0.2) is 0 Å². The zero-order valence-corrected chi connectivity index (χ0v) is 10.7. The molecule has 1 aromatic heterocycles. The molecule has 1 fully saturated rings. The van der Waals surface area contributed by atoms with Gasteiger partial charge < -0.3 is 10.6 Å². The Morgan fingerprint density at radius 3 is 2.88 bits per heavy atom. The van der Waals surface area contributed by atoms with Gasteiger partial charge in [-0.1, -0.05) is 0 Å². The Bertz CT molecular complexity index is 464. The summed E-state index contributed by atoms with van der Waals surface area (Å²) in [5.41, 5.74) is 5.74. The van der Waals surface area contributed by atoms with Gasteiger partial charge in [0.25, 0.3) is 5.91 Å². The quantitative estimate of drug-likeness (QED) is 0.820. The third-order valence-electron chi connectivity index (χ3n) is 2.87. The van der Waals surface area contributed by atoms with Crippen LogP contribution in [-0.4, -0.2) is 34.8 Å². The molecule has 1 aromatic rings. The average Bonchev–Trinajstić information content (AvgIpc) is 2.78. The molecule has 2 heterocycles. The molecule has 0 spiro atoms. The number of rotatable bonds is 2. The van der Waals surface area contributed by atoms with E-state index in [2.05, 4.69) is 20.9 Å². The van der Waals surface area contributed by atoms with E-state index in [1.165, 1.54) is 0 Å². The molecule has 0 aliphatic carbocycles. The number of amides is 2. The molecule has 2 rings (SSSR count). The molecule has 5 nitrogen and oxygen atoms in total. The van der Waals surface area contributed by atoms with Gasteiger partial charge in [-0.3, -0.25) is 9.59 Å². The Labute approximate surface area is 107 Å². The Kier molecular flexibility index (Phi) is 3.42. The minimum Gasteiger partial charge on any atom is -0.369 e. The van der Waals surface area contributed by atoms with Gasteiger partial charge in [0.1, 0.15) is 4.60 Å². The molecule has 1 aliphatic heterocycles. The third kappa shape index (κ3) is 2.46. The number of nitrogens with two attached hydrogens (primary N) is 1. The van der Waals surface area contributed by atoms with Crippen molar-refractivity contribution < 1.29 is 9.59 Å². The summed E-state index contributed by atoms with van der Waals surface area (Å²) in [6.45, 7) is 0.962. The van der Waals surface area contributed by atoms with Crippen LogP contribution >= 0.6 is 15.9 Å². The van der Waals surface area contributed by atoms with Crippen LogP contribution in [0.1, 0.15) is 16.8 Å². The summed E-state index contributed by atoms with van der Waals surface area (Å²) in [4.78, 5) is 28.8. The molecule has 0 bridgehead atoms. The first-order valence-electron chi connectivity index (χ1n) is 5.28. The van der Waals surface area contributed by atoms with Crippen molar-refractivity contribution in [2.24, 2.45) is 11.7 Å². The minimum atomic E-state index is -0.342. The fourth-order valence-electron chi connectivity index (χ4n) is 1.89. The SMILES string of the molecule is NC(=O)C1CCN(C(=O)c2cccnc2Br)C1. The lowest BCUT2D eigenvalue weighted by atomic mass is 10.1. The second-order valence-corrected chi connectivity index (χ2v) is 4.73. The van der Waals surface area contributed by atoms with Crippen LogP contribution in [0.15, 0.2) is 22.9 Å². The molecular weight excluding hydrogens is 286 g/mol. The second kappa shape index (κ2) is 4.83. The minimum absolute atomic E-state index is 0.117. The average molecular weight is 298 g/mol. The first kappa shape index (κ1) is 12.0. The number of carbonyl (C=O) groups is 2. The van der Waals surface area contributed by atoms with E-state index in [0.29, 0.717) is 29.7 Å². The number of pyridine rings is 1. The van der Waals surface area contributed by atoms with Crippen molar-refractivity contribution in [2.45, 2.75) is 6.42 Å². The van der Waals surface area contributed by atoms with Crippen molar-refractivity contribution in [2.75, 3.05) is 13.1 Å². The molecule has 1 aliphatic rings. The maximum atomic E-state index is 12.1. The first-order valence-corrected chi connectivity index (χ1v) is 6.08. The molecule has 90 valence electrons. The summed E-state index contributed by atoms with van der Waals surface area (Å²) in [6.07, 6.45) is 2.25. The monoisotopic (exact) mass is 297 g/mol. The van der Waals surface area contributed by atoms with Crippen LogP contribution in [0.4, 0.5) is 0 Å². The number of halogens is 1. The van der Waals surface area contributed by atoms with Crippen LogP contribution in [0, 0.1) is 5.92 Å². The largest absolute Gasteiger partial charge is 0.369 e. The molecule has 1 atom stereocenters. The van der Waals surface area contributed by atoms with Crippen LogP contribution in [0.3, 0.4) is 0 Å². The van der Waals surface area contributed by atoms with Crippen molar-refractivity contribution in [1.82, 2.24) is 9.88 Å². The first-order chi connectivity index (χ1) is 8.09. The lowest BCUT2D eigenvalue weighted by Crippen LogP contribution is -2.32. The predicted molar refractivity (Wildman–Crippen MR) is 65.1 cm³/mol. The standard InChI is InChI=1S/C11H12BrN3O2/c12-9-8(2-1-4-14-9)11(17)15-5-3-7(6-15)10(13)16/h1-2,4,7H,3,5-6H2,(H2,13,16). The van der Waals surface area contributed by atoms with Gasteiger partial charge in [-0.25, -0.2) is 4.98 Å². The Morgan fingerprint density at radius 1 is 1.53 bits per heavy atom. The molecule has 0 radical (unpaired) electrons. The number of hydrogen-bond donors (Lipinski definition) is 1. The number of hydrogen-bond acceptors (Lipinski definition) is 3. The maximum absolute atomic E-state index is 12.1. The molecule has 0 saturated carbocycles. The van der Waals surface area contributed by atoms with E-state index in [-0.39, 0.29) is 17.7 Å². The fraction of sp³-hybridized carbons (Fsp3) is 0.364. The van der Waals surface area contributed by atoms with Crippen molar-refractivity contribution in [3.8, 4) is 0 Å². The molecule has 2 N–H and O–H groups in total. The summed E-state index contributed by atoms with van der Waals surface area (Å²) in [6, 6.07) is 3.41. The lowest BCUT2D eigenvalue weighted by Gasteiger charge is -2.16. The smallest absolute Gasteiger partial charge is 0.256 e. The van der Waals surface area contributed by atoms with Crippen molar-refractivity contribution >= 4 is 27.7 Å². The van der Waals surface area contributed by atoms with Crippen LogP contribution in [0.2, 0.25) is 0 Å². The zero-order valence-electron chi connectivity index (χ0n) is 9.10. The van der Waals surface area contributed by atoms with E-state index in [9.17, 15) is 9.59 Å². The van der Waals surface area contributed by atoms with Crippen molar-refractivity contribution in [1.29, 1.82) is 0 Å². The molecular formula is C11H12BrN3O2. The van der Waals surface area contributed by atoms with Gasteiger partial charge in [0.2, 0.25) is 5.91 Å². The molecule has 1 saturated heterocycles. The number of nitrogens with zero attached hydrogens (tertiary/aromatic N) is 2. The van der Waals surface area contributed by atoms with Crippen LogP contribution < -0.4 is 5.73 Å². The molecule has 6 heteroatoms. The summed E-state index contributed by atoms with van der Waals surface area (Å²) in [5.74, 6) is -0.686. The zero-order chi connectivity index (χ0) is 12.4. The number of primary amides is 1. The summed E-state index contributed by atoms with van der Waals surface area (Å²) >= 11 is 3.24. The highest BCUT2D eigenvalue weighted by Gasteiger charge is 2.30. The van der Waals surface area contributed by atoms with E-state index in [0.717, 1.165) is 0 Å². The highest BCUT2D eigenvalue weighted by molar-refractivity contribution is 9.10. The van der Waals surface area contributed by atoms with Crippen LogP contribution in [0.5, 0.6) is 0 Å². The van der Waals surface area contributed by atoms with Gasteiger partial charge in [-0.15, -0.1) is 0 Å². The Hall–Kier alpha value is -1.43. The maximum Gasteiger partial charge on any atom is 0.256 e. The van der Waals surface area contributed by atoms with E-state index >= 15 is 0 Å². The normalized spacial score (nSPS) is 19.4. The van der Waals surface area contributed by atoms with Gasteiger partial charge in [0, 0.05) is 19.3 Å². The summed E-state index contributed by atoms with van der Waals surface area (Å²) < 4.78 is 0.521. The summed E-state index contributed by atoms with van der Waals surface area (Å²) in [5, 5.41) is 0. The van der Waals surface area contributed by atoms with Crippen molar-refractivity contribution in [3.63, 3.8) is 0 Å². The Balaban J connectivity index is 2.13. The highest BCUT2D eigenvalue weighted by atomic mass is 79.9. The third-order valence-corrected chi connectivity index (χ3v) is 3.50. The van der Waals surface area contributed by atoms with Gasteiger partial charge in [0.05, 0.1) is 11.5 Å². The second-order valence-electron chi connectivity index (χ2n) is 3.98. The fourth-order valence-corrected chi connectivity index (χ4v) is 2.31. The Morgan fingerprint density at radius 2 is 2.29 bits per heavy atom. The number of likely N-dealkylation sites (tertiary alicyclic amines) is 1. The number of aromatic nitrogens is 1. The summed E-state index contributed by atoms with van der Waals surface area (Å²) in [7, 11) is 0. The van der Waals surface area contributed by atoms with E-state index in [4.69, 9.17) is 5.73 Å². The van der Waals surface area contributed by atoms with Gasteiger partial charge in [-0.05, 0) is 34.5 Å². The molecule has 1 unspecified atom stereocenters. The van der Waals surface area contributed by atoms with E-state index in [1.54, 1.807) is 23.2 Å². The van der Waals surface area contributed by atoms with Crippen molar-refractivity contribution in [3.05, 3.63) is 28.5 Å². The van der Waals surface area contributed by atoms with E-state index in [1.807, 2.05) is 0 Å². The molecule has 0 aromatic carbocycles. The molecule has 17 heavy (non-hydrogen) atoms.